The fourth-order valence-corrected chi connectivity index (χ4v) is 5.32. The van der Waals surface area contributed by atoms with Gasteiger partial charge in [-0.15, -0.1) is 23.7 Å². The van der Waals surface area contributed by atoms with Gasteiger partial charge in [-0.2, -0.15) is 0 Å². The minimum absolute atomic E-state index is 0. The molecule has 4 nitrogen and oxygen atoms in total. The van der Waals surface area contributed by atoms with Crippen molar-refractivity contribution in [1.29, 1.82) is 0 Å². The van der Waals surface area contributed by atoms with E-state index in [4.69, 9.17) is 0 Å². The lowest BCUT2D eigenvalue weighted by atomic mass is 10.2. The van der Waals surface area contributed by atoms with Crippen LogP contribution in [0.5, 0.6) is 0 Å². The van der Waals surface area contributed by atoms with Crippen LogP contribution in [0.15, 0.2) is 14.1 Å². The zero-order valence-electron chi connectivity index (χ0n) is 10.6. The fraction of sp³-hybridized carbons (Fsp3) is 0.636. The molecule has 0 spiro atoms. The second-order valence-corrected chi connectivity index (χ2v) is 8.87. The molecule has 1 aromatic heterocycles. The Morgan fingerprint density at radius 3 is 2.84 bits per heavy atom. The molecule has 0 saturated carbocycles. The van der Waals surface area contributed by atoms with Crippen LogP contribution in [0, 0.1) is 6.92 Å². The highest BCUT2D eigenvalue weighted by atomic mass is 79.9. The smallest absolute Gasteiger partial charge is 0.250 e. The van der Waals surface area contributed by atoms with E-state index in [1.807, 2.05) is 6.92 Å². The summed E-state index contributed by atoms with van der Waals surface area (Å²) >= 11 is 4.60. The van der Waals surface area contributed by atoms with E-state index in [-0.39, 0.29) is 12.4 Å². The van der Waals surface area contributed by atoms with Gasteiger partial charge in [0.15, 0.2) is 0 Å². The number of aryl methyl sites for hydroxylation is 1. The summed E-state index contributed by atoms with van der Waals surface area (Å²) in [4.78, 5) is 0. The molecule has 0 amide bonds. The summed E-state index contributed by atoms with van der Waals surface area (Å²) in [5.41, 5.74) is 0.956. The first-order valence-corrected chi connectivity index (χ1v) is 9.07. The van der Waals surface area contributed by atoms with Gasteiger partial charge >= 0.3 is 0 Å². The first-order valence-electron chi connectivity index (χ1n) is 5.98. The Morgan fingerprint density at radius 2 is 2.32 bits per heavy atom. The zero-order valence-corrected chi connectivity index (χ0v) is 14.6. The number of hydrogen-bond acceptors (Lipinski definition) is 4. The van der Waals surface area contributed by atoms with Crippen LogP contribution in [0.1, 0.15) is 24.8 Å². The Labute approximate surface area is 133 Å². The maximum absolute atomic E-state index is 12.0. The summed E-state index contributed by atoms with van der Waals surface area (Å²) < 4.78 is 28.0. The van der Waals surface area contributed by atoms with Crippen molar-refractivity contribution < 1.29 is 8.42 Å². The van der Waals surface area contributed by atoms with Crippen LogP contribution in [0.3, 0.4) is 0 Å². The average molecular weight is 390 g/mol. The molecule has 1 aromatic rings. The van der Waals surface area contributed by atoms with Crippen LogP contribution in [-0.4, -0.2) is 27.5 Å². The Morgan fingerprint density at radius 1 is 1.58 bits per heavy atom. The van der Waals surface area contributed by atoms with E-state index in [1.54, 1.807) is 6.07 Å². The third-order valence-corrected chi connectivity index (χ3v) is 7.12. The molecule has 2 rings (SSSR count). The lowest BCUT2D eigenvalue weighted by Gasteiger charge is -2.10. The summed E-state index contributed by atoms with van der Waals surface area (Å²) in [6.07, 6.45) is 3.19. The summed E-state index contributed by atoms with van der Waals surface area (Å²) in [6.45, 7) is 3.44. The molecule has 0 bridgehead atoms. The van der Waals surface area contributed by atoms with E-state index in [9.17, 15) is 8.42 Å². The number of halogens is 2. The van der Waals surface area contributed by atoms with Gasteiger partial charge in [0.1, 0.15) is 4.21 Å². The van der Waals surface area contributed by atoms with Gasteiger partial charge in [0.2, 0.25) is 10.0 Å². The molecule has 2 heterocycles. The summed E-state index contributed by atoms with van der Waals surface area (Å²) in [5.74, 6) is 0. The minimum Gasteiger partial charge on any atom is -0.314 e. The predicted octanol–water partition coefficient (Wildman–Crippen LogP) is 2.66. The molecule has 1 saturated heterocycles. The van der Waals surface area contributed by atoms with Crippen LogP contribution >= 0.6 is 39.7 Å². The molecule has 19 heavy (non-hydrogen) atoms. The summed E-state index contributed by atoms with van der Waals surface area (Å²) in [5, 5.41) is 3.36. The van der Waals surface area contributed by atoms with Gasteiger partial charge in [0.25, 0.3) is 0 Å². The Hall–Kier alpha value is 0.340. The van der Waals surface area contributed by atoms with Crippen LogP contribution < -0.4 is 10.0 Å². The standard InChI is InChI=1S/C11H17BrN2O2S2.ClH/c1-8-7-10(17-11(8)12)18(15,16)14-6-4-9-3-2-5-13-9;/h7,9,13-14H,2-6H2,1H3;1H/t9-;/m1./s1. The third kappa shape index (κ3) is 4.68. The van der Waals surface area contributed by atoms with Crippen LogP contribution in [0.2, 0.25) is 0 Å². The molecule has 0 aromatic carbocycles. The zero-order chi connectivity index (χ0) is 13.2. The average Bonchev–Trinajstić information content (AvgIpc) is 2.90. The first kappa shape index (κ1) is 17.4. The van der Waals surface area contributed by atoms with Crippen molar-refractivity contribution in [2.45, 2.75) is 36.4 Å². The summed E-state index contributed by atoms with van der Waals surface area (Å²) in [6, 6.07) is 2.16. The van der Waals surface area contributed by atoms with E-state index in [0.717, 1.165) is 28.7 Å². The molecular weight excluding hydrogens is 372 g/mol. The van der Waals surface area contributed by atoms with E-state index in [1.165, 1.54) is 17.8 Å². The third-order valence-electron chi connectivity index (χ3n) is 3.05. The van der Waals surface area contributed by atoms with Gasteiger partial charge in [-0.3, -0.25) is 0 Å². The number of sulfonamides is 1. The van der Waals surface area contributed by atoms with Gasteiger partial charge in [0, 0.05) is 12.6 Å². The quantitative estimate of drug-likeness (QED) is 0.814. The van der Waals surface area contributed by atoms with Crippen molar-refractivity contribution in [1.82, 2.24) is 10.0 Å². The largest absolute Gasteiger partial charge is 0.314 e. The molecule has 0 radical (unpaired) electrons. The maximum atomic E-state index is 12.0. The second kappa shape index (κ2) is 7.38. The Balaban J connectivity index is 0.00000180. The number of thiophene rings is 1. The van der Waals surface area contributed by atoms with E-state index >= 15 is 0 Å². The van der Waals surface area contributed by atoms with Gasteiger partial charge < -0.3 is 5.32 Å². The van der Waals surface area contributed by atoms with Crippen molar-refractivity contribution in [3.8, 4) is 0 Å². The molecule has 1 aliphatic heterocycles. The van der Waals surface area contributed by atoms with Crippen molar-refractivity contribution in [3.63, 3.8) is 0 Å². The molecule has 0 unspecified atom stereocenters. The number of hydrogen-bond donors (Lipinski definition) is 2. The van der Waals surface area contributed by atoms with Crippen LogP contribution in [0.4, 0.5) is 0 Å². The normalized spacial score (nSPS) is 19.4. The van der Waals surface area contributed by atoms with Gasteiger partial charge in [0.05, 0.1) is 3.79 Å². The van der Waals surface area contributed by atoms with Gasteiger partial charge in [-0.1, -0.05) is 0 Å². The van der Waals surface area contributed by atoms with Crippen molar-refractivity contribution in [2.75, 3.05) is 13.1 Å². The van der Waals surface area contributed by atoms with Gasteiger partial charge in [-0.25, -0.2) is 13.1 Å². The van der Waals surface area contributed by atoms with E-state index in [2.05, 4.69) is 26.0 Å². The highest BCUT2D eigenvalue weighted by Crippen LogP contribution is 2.30. The van der Waals surface area contributed by atoms with Crippen molar-refractivity contribution in [2.24, 2.45) is 0 Å². The van der Waals surface area contributed by atoms with Gasteiger partial charge in [-0.05, 0) is 60.3 Å². The molecule has 110 valence electrons. The minimum atomic E-state index is -3.34. The molecule has 2 N–H and O–H groups in total. The van der Waals surface area contributed by atoms with Crippen LogP contribution in [-0.2, 0) is 10.0 Å². The molecule has 1 fully saturated rings. The lowest BCUT2D eigenvalue weighted by molar-refractivity contribution is 0.540. The predicted molar refractivity (Wildman–Crippen MR) is 84.8 cm³/mol. The highest BCUT2D eigenvalue weighted by molar-refractivity contribution is 9.11. The molecule has 0 aliphatic carbocycles. The second-order valence-electron chi connectivity index (χ2n) is 4.50. The number of rotatable bonds is 5. The molecule has 1 atom stereocenters. The van der Waals surface area contributed by atoms with Crippen molar-refractivity contribution >= 4 is 49.7 Å². The molecule has 8 heteroatoms. The first-order chi connectivity index (χ1) is 8.49. The Kier molecular flexibility index (Phi) is 6.75. The maximum Gasteiger partial charge on any atom is 0.250 e. The monoisotopic (exact) mass is 388 g/mol. The van der Waals surface area contributed by atoms with E-state index in [0.29, 0.717) is 16.8 Å². The topological polar surface area (TPSA) is 58.2 Å². The lowest BCUT2D eigenvalue weighted by Crippen LogP contribution is -2.30. The fourth-order valence-electron chi connectivity index (χ4n) is 2.01. The summed E-state index contributed by atoms with van der Waals surface area (Å²) in [7, 11) is -3.34. The molecule has 1 aliphatic rings. The number of nitrogens with one attached hydrogen (secondary N) is 2. The van der Waals surface area contributed by atoms with E-state index < -0.39 is 10.0 Å². The van der Waals surface area contributed by atoms with Crippen LogP contribution in [0.25, 0.3) is 0 Å². The van der Waals surface area contributed by atoms with Crippen molar-refractivity contribution in [3.05, 3.63) is 15.4 Å². The SMILES string of the molecule is Cc1cc(S(=O)(=O)NCC[C@H]2CCCN2)sc1Br.Cl. The Bertz CT molecular complexity index is 493. The highest BCUT2D eigenvalue weighted by Gasteiger charge is 2.19. The molecular formula is C11H18BrClN2O2S2.